The average molecular weight is 300 g/mol. The van der Waals surface area contributed by atoms with Crippen molar-refractivity contribution in [1.29, 1.82) is 0 Å². The van der Waals surface area contributed by atoms with Crippen LogP contribution in [-0.4, -0.2) is 35.2 Å². The minimum Gasteiger partial charge on any atom is -0.480 e. The molecular formula is C13H17FN2O3S. The second-order valence-corrected chi connectivity index (χ2v) is 5.22. The zero-order valence-electron chi connectivity index (χ0n) is 11.3. The zero-order chi connectivity index (χ0) is 15.1. The summed E-state index contributed by atoms with van der Waals surface area (Å²) in [5.41, 5.74) is 1.01. The quantitative estimate of drug-likeness (QED) is 0.754. The molecule has 7 heteroatoms. The molecule has 0 fully saturated rings. The van der Waals surface area contributed by atoms with E-state index >= 15 is 0 Å². The number of urea groups is 1. The molecule has 2 amide bonds. The number of amides is 2. The SMILES string of the molecule is CSCC[C@@H](NC(=O)Nc1cc(F)ccc1C)C(=O)O. The smallest absolute Gasteiger partial charge is 0.326 e. The Labute approximate surface area is 120 Å². The van der Waals surface area contributed by atoms with Crippen molar-refractivity contribution >= 4 is 29.4 Å². The van der Waals surface area contributed by atoms with Crippen LogP contribution in [0.4, 0.5) is 14.9 Å². The summed E-state index contributed by atoms with van der Waals surface area (Å²) in [6.45, 7) is 1.72. The van der Waals surface area contributed by atoms with Crippen LogP contribution in [0, 0.1) is 12.7 Å². The number of aryl methyl sites for hydroxylation is 1. The van der Waals surface area contributed by atoms with Gasteiger partial charge in [0.2, 0.25) is 0 Å². The fourth-order valence-electron chi connectivity index (χ4n) is 1.54. The molecule has 0 aliphatic heterocycles. The maximum Gasteiger partial charge on any atom is 0.326 e. The van der Waals surface area contributed by atoms with Crippen molar-refractivity contribution in [1.82, 2.24) is 5.32 Å². The van der Waals surface area contributed by atoms with Crippen molar-refractivity contribution in [2.24, 2.45) is 0 Å². The van der Waals surface area contributed by atoms with Gasteiger partial charge >= 0.3 is 12.0 Å². The maximum atomic E-state index is 13.1. The minimum absolute atomic E-state index is 0.316. The molecule has 1 aromatic carbocycles. The molecule has 0 aliphatic rings. The Kier molecular flexibility index (Phi) is 6.30. The van der Waals surface area contributed by atoms with Gasteiger partial charge in [-0.3, -0.25) is 0 Å². The van der Waals surface area contributed by atoms with E-state index in [1.807, 2.05) is 6.26 Å². The summed E-state index contributed by atoms with van der Waals surface area (Å²) >= 11 is 1.50. The Morgan fingerprint density at radius 3 is 2.75 bits per heavy atom. The molecule has 0 unspecified atom stereocenters. The van der Waals surface area contributed by atoms with Crippen molar-refractivity contribution in [2.45, 2.75) is 19.4 Å². The van der Waals surface area contributed by atoms with Gasteiger partial charge in [0.05, 0.1) is 0 Å². The third kappa shape index (κ3) is 5.08. The molecule has 0 bridgehead atoms. The van der Waals surface area contributed by atoms with Gasteiger partial charge in [0.25, 0.3) is 0 Å². The summed E-state index contributed by atoms with van der Waals surface area (Å²) in [7, 11) is 0. The number of hydrogen-bond donors (Lipinski definition) is 3. The van der Waals surface area contributed by atoms with Crippen molar-refractivity contribution in [3.05, 3.63) is 29.6 Å². The predicted octanol–water partition coefficient (Wildman–Crippen LogP) is 2.46. The molecule has 3 N–H and O–H groups in total. The highest BCUT2D eigenvalue weighted by atomic mass is 32.2. The van der Waals surface area contributed by atoms with Gasteiger partial charge in [0, 0.05) is 5.69 Å². The number of anilines is 1. The van der Waals surface area contributed by atoms with Gasteiger partial charge in [-0.25, -0.2) is 14.0 Å². The number of rotatable bonds is 6. The molecule has 0 aliphatic carbocycles. The topological polar surface area (TPSA) is 78.4 Å². The van der Waals surface area contributed by atoms with Crippen LogP contribution in [0.5, 0.6) is 0 Å². The third-order valence-corrected chi connectivity index (χ3v) is 3.31. The summed E-state index contributed by atoms with van der Waals surface area (Å²) in [4.78, 5) is 22.7. The van der Waals surface area contributed by atoms with Crippen LogP contribution >= 0.6 is 11.8 Å². The van der Waals surface area contributed by atoms with Gasteiger partial charge in [-0.15, -0.1) is 0 Å². The molecule has 0 aromatic heterocycles. The van der Waals surface area contributed by atoms with Gasteiger partial charge < -0.3 is 15.7 Å². The van der Waals surface area contributed by atoms with Crippen LogP contribution < -0.4 is 10.6 Å². The predicted molar refractivity (Wildman–Crippen MR) is 77.7 cm³/mol. The van der Waals surface area contributed by atoms with Crippen LogP contribution in [0.15, 0.2) is 18.2 Å². The van der Waals surface area contributed by atoms with Crippen LogP contribution in [0.2, 0.25) is 0 Å². The fourth-order valence-corrected chi connectivity index (χ4v) is 2.01. The van der Waals surface area contributed by atoms with Crippen LogP contribution in [0.3, 0.4) is 0 Å². The van der Waals surface area contributed by atoms with Crippen LogP contribution in [-0.2, 0) is 4.79 Å². The van der Waals surface area contributed by atoms with Crippen molar-refractivity contribution in [3.63, 3.8) is 0 Å². The van der Waals surface area contributed by atoms with Gasteiger partial charge in [-0.2, -0.15) is 11.8 Å². The molecule has 1 rings (SSSR count). The summed E-state index contributed by atoms with van der Waals surface area (Å²) in [5, 5.41) is 13.8. The standard InChI is InChI=1S/C13H17FN2O3S/c1-8-3-4-9(14)7-11(8)16-13(19)15-10(12(17)18)5-6-20-2/h3-4,7,10H,5-6H2,1-2H3,(H,17,18)(H2,15,16,19)/t10-/m1/s1. The summed E-state index contributed by atoms with van der Waals surface area (Å²) in [5.74, 6) is -0.941. The Morgan fingerprint density at radius 2 is 2.15 bits per heavy atom. The second-order valence-electron chi connectivity index (χ2n) is 4.23. The number of nitrogens with one attached hydrogen (secondary N) is 2. The van der Waals surface area contributed by atoms with Gasteiger partial charge in [-0.1, -0.05) is 6.07 Å². The number of benzene rings is 1. The molecule has 0 heterocycles. The van der Waals surface area contributed by atoms with Crippen molar-refractivity contribution < 1.29 is 19.1 Å². The lowest BCUT2D eigenvalue weighted by Gasteiger charge is -2.15. The van der Waals surface area contributed by atoms with E-state index in [9.17, 15) is 14.0 Å². The molecule has 5 nitrogen and oxygen atoms in total. The van der Waals surface area contributed by atoms with Crippen LogP contribution in [0.1, 0.15) is 12.0 Å². The number of thioether (sulfide) groups is 1. The monoisotopic (exact) mass is 300 g/mol. The van der Waals surface area contributed by atoms with Crippen LogP contribution in [0.25, 0.3) is 0 Å². The number of carboxylic acids is 1. The largest absolute Gasteiger partial charge is 0.480 e. The fraction of sp³-hybridized carbons (Fsp3) is 0.385. The highest BCUT2D eigenvalue weighted by Gasteiger charge is 2.19. The first kappa shape index (κ1) is 16.3. The number of aliphatic carboxylic acids is 1. The normalized spacial score (nSPS) is 11.8. The van der Waals surface area contributed by atoms with E-state index < -0.39 is 23.9 Å². The zero-order valence-corrected chi connectivity index (χ0v) is 12.1. The summed E-state index contributed by atoms with van der Waals surface area (Å²) in [6.07, 6.45) is 2.18. The first-order chi connectivity index (χ1) is 9.43. The minimum atomic E-state index is -1.09. The molecule has 1 aromatic rings. The lowest BCUT2D eigenvalue weighted by Crippen LogP contribution is -2.43. The Hall–Kier alpha value is -1.76. The molecule has 20 heavy (non-hydrogen) atoms. The molecule has 1 atom stereocenters. The lowest BCUT2D eigenvalue weighted by atomic mass is 10.2. The Bertz CT molecular complexity index is 497. The first-order valence-electron chi connectivity index (χ1n) is 5.99. The highest BCUT2D eigenvalue weighted by Crippen LogP contribution is 2.15. The van der Waals surface area contributed by atoms with E-state index in [1.54, 1.807) is 6.92 Å². The van der Waals surface area contributed by atoms with Crippen molar-refractivity contribution in [3.8, 4) is 0 Å². The second kappa shape index (κ2) is 7.74. The average Bonchev–Trinajstić information content (AvgIpc) is 2.38. The first-order valence-corrected chi connectivity index (χ1v) is 7.39. The maximum absolute atomic E-state index is 13.1. The van der Waals surface area contributed by atoms with Gasteiger partial charge in [-0.05, 0) is 43.0 Å². The van der Waals surface area contributed by atoms with Gasteiger partial charge in [0.1, 0.15) is 11.9 Å². The van der Waals surface area contributed by atoms with Crippen molar-refractivity contribution in [2.75, 3.05) is 17.3 Å². The Morgan fingerprint density at radius 1 is 1.45 bits per heavy atom. The molecule has 110 valence electrons. The highest BCUT2D eigenvalue weighted by molar-refractivity contribution is 7.98. The van der Waals surface area contributed by atoms with E-state index in [1.165, 1.54) is 30.0 Å². The van der Waals surface area contributed by atoms with E-state index in [-0.39, 0.29) is 0 Å². The van der Waals surface area contributed by atoms with Gasteiger partial charge in [0.15, 0.2) is 0 Å². The number of halogens is 1. The molecule has 0 saturated carbocycles. The molecule has 0 radical (unpaired) electrons. The molecular weight excluding hydrogens is 283 g/mol. The number of hydrogen-bond acceptors (Lipinski definition) is 3. The summed E-state index contributed by atoms with van der Waals surface area (Å²) in [6, 6.07) is 2.39. The number of carboxylic acid groups (broad SMARTS) is 1. The van der Waals surface area contributed by atoms with E-state index in [2.05, 4.69) is 10.6 Å². The third-order valence-electron chi connectivity index (χ3n) is 2.66. The molecule has 0 spiro atoms. The van der Waals surface area contributed by atoms with E-state index in [4.69, 9.17) is 5.11 Å². The van der Waals surface area contributed by atoms with E-state index in [0.29, 0.717) is 23.4 Å². The Balaban J connectivity index is 2.65. The number of carbonyl (C=O) groups is 2. The summed E-state index contributed by atoms with van der Waals surface area (Å²) < 4.78 is 13.1. The van der Waals surface area contributed by atoms with E-state index in [0.717, 1.165) is 0 Å². The molecule has 0 saturated heterocycles. The number of carbonyl (C=O) groups excluding carboxylic acids is 1. The lowest BCUT2D eigenvalue weighted by molar-refractivity contribution is -0.139.